The molecule has 200 valence electrons. The van der Waals surface area contributed by atoms with Crippen LogP contribution in [0.1, 0.15) is 22.5 Å². The summed E-state index contributed by atoms with van der Waals surface area (Å²) < 4.78 is 21.3. The van der Waals surface area contributed by atoms with Gasteiger partial charge in [0.1, 0.15) is 12.6 Å². The molecule has 0 radical (unpaired) electrons. The number of carbonyl (C=O) groups is 1. The summed E-state index contributed by atoms with van der Waals surface area (Å²) >= 11 is 0. The summed E-state index contributed by atoms with van der Waals surface area (Å²) in [5, 5.41) is 4.90. The van der Waals surface area contributed by atoms with Crippen LogP contribution in [0.15, 0.2) is 146 Å². The molecule has 1 aromatic heterocycles. The Morgan fingerprint density at radius 1 is 0.700 bits per heavy atom. The molecule has 0 amide bonds. The molecule has 0 saturated heterocycles. The fourth-order valence-electron chi connectivity index (χ4n) is 4.77. The van der Waals surface area contributed by atoms with Crippen LogP contribution in [0.25, 0.3) is 0 Å². The Bertz CT molecular complexity index is 1490. The SMILES string of the molecule is O=C(OCc1ccccc1)[C@@H](Cc1ccccc1)NC(c1cccnc1)P(=O)(c1ccccc1)c1ccccc1. The molecule has 5 rings (SSSR count). The van der Waals surface area contributed by atoms with E-state index in [4.69, 9.17) is 4.74 Å². The Morgan fingerprint density at radius 3 is 1.75 bits per heavy atom. The third-order valence-electron chi connectivity index (χ3n) is 6.79. The number of hydrogen-bond donors (Lipinski definition) is 1. The molecule has 1 heterocycles. The van der Waals surface area contributed by atoms with Gasteiger partial charge in [0.15, 0.2) is 7.14 Å². The zero-order chi connectivity index (χ0) is 27.6. The van der Waals surface area contributed by atoms with E-state index in [1.165, 1.54) is 0 Å². The first-order valence-corrected chi connectivity index (χ1v) is 15.0. The first-order valence-electron chi connectivity index (χ1n) is 13.3. The van der Waals surface area contributed by atoms with E-state index in [0.717, 1.165) is 16.7 Å². The molecule has 0 spiro atoms. The highest BCUT2D eigenvalue weighted by atomic mass is 31.2. The molecule has 0 bridgehead atoms. The van der Waals surface area contributed by atoms with E-state index in [1.807, 2.05) is 133 Å². The van der Waals surface area contributed by atoms with E-state index in [0.29, 0.717) is 17.0 Å². The van der Waals surface area contributed by atoms with Gasteiger partial charge < -0.3 is 9.30 Å². The van der Waals surface area contributed by atoms with Gasteiger partial charge in [-0.2, -0.15) is 0 Å². The van der Waals surface area contributed by atoms with E-state index < -0.39 is 24.9 Å². The number of nitrogens with zero attached hydrogens (tertiary/aromatic N) is 1. The minimum absolute atomic E-state index is 0.152. The van der Waals surface area contributed by atoms with Gasteiger partial charge >= 0.3 is 5.97 Å². The molecule has 0 aliphatic heterocycles. The molecular weight excluding hydrogens is 515 g/mol. The minimum atomic E-state index is -3.39. The summed E-state index contributed by atoms with van der Waals surface area (Å²) in [4.78, 5) is 18.0. The number of nitrogens with one attached hydrogen (secondary N) is 1. The Labute approximate surface area is 235 Å². The third kappa shape index (κ3) is 6.45. The van der Waals surface area contributed by atoms with E-state index >= 15 is 4.57 Å². The van der Waals surface area contributed by atoms with Crippen LogP contribution in [0.4, 0.5) is 0 Å². The molecule has 0 aliphatic carbocycles. The lowest BCUT2D eigenvalue weighted by Crippen LogP contribution is -2.44. The van der Waals surface area contributed by atoms with E-state index in [1.54, 1.807) is 12.4 Å². The summed E-state index contributed by atoms with van der Waals surface area (Å²) in [6.07, 6.45) is 3.77. The van der Waals surface area contributed by atoms with Crippen LogP contribution in [-0.2, 0) is 27.1 Å². The average Bonchev–Trinajstić information content (AvgIpc) is 3.03. The molecule has 40 heavy (non-hydrogen) atoms. The summed E-state index contributed by atoms with van der Waals surface area (Å²) in [5.74, 6) is -1.14. The summed E-state index contributed by atoms with van der Waals surface area (Å²) in [6.45, 7) is 0.152. The molecular formula is C34H31N2O3P. The second kappa shape index (κ2) is 13.2. The molecule has 5 nitrogen and oxygen atoms in total. The second-order valence-corrected chi connectivity index (χ2v) is 12.4. The van der Waals surface area contributed by atoms with Crippen molar-refractivity contribution in [1.82, 2.24) is 10.3 Å². The van der Waals surface area contributed by atoms with Gasteiger partial charge in [-0.3, -0.25) is 15.1 Å². The lowest BCUT2D eigenvalue weighted by atomic mass is 10.1. The Kier molecular flexibility index (Phi) is 8.97. The fourth-order valence-corrected chi connectivity index (χ4v) is 7.86. The fraction of sp³-hybridized carbons (Fsp3) is 0.118. The maximum atomic E-state index is 15.5. The molecule has 1 N–H and O–H groups in total. The van der Waals surface area contributed by atoms with Gasteiger partial charge in [-0.05, 0) is 29.2 Å². The lowest BCUT2D eigenvalue weighted by molar-refractivity contribution is -0.147. The Morgan fingerprint density at radius 2 is 1.23 bits per heavy atom. The number of esters is 1. The van der Waals surface area contributed by atoms with Crippen molar-refractivity contribution in [2.24, 2.45) is 0 Å². The summed E-state index contributed by atoms with van der Waals surface area (Å²) in [5.41, 5.74) is 2.60. The summed E-state index contributed by atoms with van der Waals surface area (Å²) in [7, 11) is -3.39. The normalized spacial score (nSPS) is 12.8. The van der Waals surface area contributed by atoms with Gasteiger partial charge in [0, 0.05) is 23.0 Å². The standard InChI is InChI=1S/C34H31N2O3P/c37-34(39-26-28-16-7-2-8-17-28)32(24-27-14-5-1-6-15-27)36-33(29-18-13-23-35-25-29)40(38,30-19-9-3-10-20-30)31-21-11-4-12-22-31/h1-23,25,32-33,36H,24,26H2/t32-,33?/m1/s1. The number of aromatic nitrogens is 1. The van der Waals surface area contributed by atoms with E-state index in [9.17, 15) is 4.79 Å². The van der Waals surface area contributed by atoms with Crippen LogP contribution in [0.3, 0.4) is 0 Å². The van der Waals surface area contributed by atoms with Crippen LogP contribution < -0.4 is 15.9 Å². The number of ether oxygens (including phenoxy) is 1. The van der Waals surface area contributed by atoms with E-state index in [2.05, 4.69) is 10.3 Å². The van der Waals surface area contributed by atoms with Crippen molar-refractivity contribution in [3.8, 4) is 0 Å². The number of hydrogen-bond acceptors (Lipinski definition) is 5. The van der Waals surface area contributed by atoms with Gasteiger partial charge in [-0.1, -0.05) is 127 Å². The topological polar surface area (TPSA) is 68.3 Å². The average molecular weight is 547 g/mol. The van der Waals surface area contributed by atoms with Crippen molar-refractivity contribution in [3.05, 3.63) is 163 Å². The second-order valence-electron chi connectivity index (χ2n) is 9.52. The van der Waals surface area contributed by atoms with Crippen molar-refractivity contribution in [3.63, 3.8) is 0 Å². The predicted octanol–water partition coefficient (Wildman–Crippen LogP) is 6.04. The monoisotopic (exact) mass is 546 g/mol. The van der Waals surface area contributed by atoms with Crippen molar-refractivity contribution < 1.29 is 14.1 Å². The minimum Gasteiger partial charge on any atom is -0.460 e. The van der Waals surface area contributed by atoms with Crippen molar-refractivity contribution in [2.45, 2.75) is 24.9 Å². The third-order valence-corrected chi connectivity index (χ3v) is 10.1. The molecule has 2 atom stereocenters. The van der Waals surface area contributed by atoms with Crippen molar-refractivity contribution in [1.29, 1.82) is 0 Å². The quantitative estimate of drug-likeness (QED) is 0.162. The predicted molar refractivity (Wildman–Crippen MR) is 160 cm³/mol. The van der Waals surface area contributed by atoms with E-state index in [-0.39, 0.29) is 6.61 Å². The molecule has 0 fully saturated rings. The lowest BCUT2D eigenvalue weighted by Gasteiger charge is -2.32. The zero-order valence-electron chi connectivity index (χ0n) is 22.0. The van der Waals surface area contributed by atoms with Gasteiger partial charge in [0.05, 0.1) is 5.78 Å². The van der Waals surface area contributed by atoms with Gasteiger partial charge in [0.25, 0.3) is 0 Å². The number of rotatable bonds is 11. The smallest absolute Gasteiger partial charge is 0.323 e. The highest BCUT2D eigenvalue weighted by Crippen LogP contribution is 2.55. The number of pyridine rings is 1. The van der Waals surface area contributed by atoms with Crippen LogP contribution in [0.5, 0.6) is 0 Å². The van der Waals surface area contributed by atoms with Crippen molar-refractivity contribution in [2.75, 3.05) is 0 Å². The Hall–Kier alpha value is -4.31. The molecule has 5 aromatic rings. The van der Waals surface area contributed by atoms with Crippen LogP contribution in [-0.4, -0.2) is 17.0 Å². The molecule has 0 aliphatic rings. The molecule has 1 unspecified atom stereocenters. The van der Waals surface area contributed by atoms with Crippen molar-refractivity contribution >= 4 is 23.7 Å². The first kappa shape index (κ1) is 27.3. The largest absolute Gasteiger partial charge is 0.460 e. The highest BCUT2D eigenvalue weighted by molar-refractivity contribution is 7.79. The van der Waals surface area contributed by atoms with Crippen LogP contribution in [0.2, 0.25) is 0 Å². The highest BCUT2D eigenvalue weighted by Gasteiger charge is 2.40. The number of benzene rings is 4. The molecule has 4 aromatic carbocycles. The van der Waals surface area contributed by atoms with Crippen LogP contribution in [0, 0.1) is 0 Å². The van der Waals surface area contributed by atoms with Gasteiger partial charge in [0.2, 0.25) is 0 Å². The molecule has 6 heteroatoms. The number of carbonyl (C=O) groups excluding carboxylic acids is 1. The maximum absolute atomic E-state index is 15.5. The van der Waals surface area contributed by atoms with Gasteiger partial charge in [-0.25, -0.2) is 0 Å². The maximum Gasteiger partial charge on any atom is 0.323 e. The van der Waals surface area contributed by atoms with Crippen LogP contribution >= 0.6 is 7.14 Å². The zero-order valence-corrected chi connectivity index (χ0v) is 22.9. The summed E-state index contributed by atoms with van der Waals surface area (Å²) in [6, 6.07) is 41.3. The van der Waals surface area contributed by atoms with Gasteiger partial charge in [-0.15, -0.1) is 0 Å². The Balaban J connectivity index is 1.57. The first-order chi connectivity index (χ1) is 19.6. The molecule has 0 saturated carbocycles.